The number of hydrogen-bond acceptors (Lipinski definition) is 2. The number of nitrogen functional groups attached to an aromatic ring is 1. The van der Waals surface area contributed by atoms with Crippen molar-refractivity contribution in [3.05, 3.63) is 48.0 Å². The molecule has 0 saturated heterocycles. The Morgan fingerprint density at radius 2 is 1.78 bits per heavy atom. The Hall–Kier alpha value is -2.29. The molecule has 0 aliphatic rings. The first-order valence-corrected chi connectivity index (χ1v) is 5.94. The van der Waals surface area contributed by atoms with Crippen LogP contribution in [-0.4, -0.2) is 9.55 Å². The summed E-state index contributed by atoms with van der Waals surface area (Å²) in [5.74, 6) is 0.968. The van der Waals surface area contributed by atoms with Gasteiger partial charge >= 0.3 is 0 Å². The zero-order valence-corrected chi connectivity index (χ0v) is 10.5. The highest BCUT2D eigenvalue weighted by Crippen LogP contribution is 2.24. The summed E-state index contributed by atoms with van der Waals surface area (Å²) in [6.07, 6.45) is 0. The molecule has 3 rings (SSSR count). The molecule has 90 valence electrons. The van der Waals surface area contributed by atoms with Crippen LogP contribution < -0.4 is 5.73 Å². The lowest BCUT2D eigenvalue weighted by Gasteiger charge is -2.03. The van der Waals surface area contributed by atoms with Gasteiger partial charge in [-0.05, 0) is 48.9 Å². The molecule has 2 N–H and O–H groups in total. The molecule has 1 aromatic heterocycles. The van der Waals surface area contributed by atoms with E-state index in [-0.39, 0.29) is 0 Å². The third-order valence-corrected chi connectivity index (χ3v) is 3.21. The first-order valence-electron chi connectivity index (χ1n) is 5.94. The van der Waals surface area contributed by atoms with E-state index in [9.17, 15) is 0 Å². The van der Waals surface area contributed by atoms with Gasteiger partial charge in [0.15, 0.2) is 0 Å². The Morgan fingerprint density at radius 1 is 1.06 bits per heavy atom. The summed E-state index contributed by atoms with van der Waals surface area (Å²) in [7, 11) is 2.04. The van der Waals surface area contributed by atoms with Crippen molar-refractivity contribution in [1.82, 2.24) is 9.55 Å². The lowest BCUT2D eigenvalue weighted by atomic mass is 10.2. The second-order valence-electron chi connectivity index (χ2n) is 4.61. The van der Waals surface area contributed by atoms with Gasteiger partial charge in [0.25, 0.3) is 0 Å². The summed E-state index contributed by atoms with van der Waals surface area (Å²) in [5, 5.41) is 0. The van der Waals surface area contributed by atoms with Crippen molar-refractivity contribution in [3.63, 3.8) is 0 Å². The number of imidazole rings is 1. The molecular weight excluding hydrogens is 222 g/mol. The van der Waals surface area contributed by atoms with Crippen LogP contribution in [0.5, 0.6) is 0 Å². The fourth-order valence-corrected chi connectivity index (χ4v) is 2.19. The number of nitrogens with two attached hydrogens (primary N) is 1. The van der Waals surface area contributed by atoms with Crippen molar-refractivity contribution in [3.8, 4) is 11.4 Å². The van der Waals surface area contributed by atoms with E-state index in [2.05, 4.69) is 34.7 Å². The quantitative estimate of drug-likeness (QED) is 0.661. The van der Waals surface area contributed by atoms with Crippen LogP contribution in [0.25, 0.3) is 22.4 Å². The van der Waals surface area contributed by atoms with Crippen molar-refractivity contribution in [2.75, 3.05) is 5.73 Å². The highest BCUT2D eigenvalue weighted by atomic mass is 15.1. The molecule has 18 heavy (non-hydrogen) atoms. The van der Waals surface area contributed by atoms with Gasteiger partial charge in [-0.15, -0.1) is 0 Å². The molecule has 0 spiro atoms. The van der Waals surface area contributed by atoms with Crippen LogP contribution in [0.15, 0.2) is 42.5 Å². The Labute approximate surface area is 106 Å². The van der Waals surface area contributed by atoms with Gasteiger partial charge < -0.3 is 10.3 Å². The molecule has 0 amide bonds. The highest BCUT2D eigenvalue weighted by Gasteiger charge is 2.09. The maximum Gasteiger partial charge on any atom is 0.140 e. The summed E-state index contributed by atoms with van der Waals surface area (Å²) < 4.78 is 2.12. The fraction of sp³-hybridized carbons (Fsp3) is 0.133. The van der Waals surface area contributed by atoms with Crippen LogP contribution in [0, 0.1) is 6.92 Å². The molecule has 0 atom stereocenters. The van der Waals surface area contributed by atoms with E-state index in [4.69, 9.17) is 5.73 Å². The summed E-state index contributed by atoms with van der Waals surface area (Å²) in [5.41, 5.74) is 11.0. The lowest BCUT2D eigenvalue weighted by Crippen LogP contribution is -1.93. The van der Waals surface area contributed by atoms with Gasteiger partial charge in [0.2, 0.25) is 0 Å². The summed E-state index contributed by atoms with van der Waals surface area (Å²) in [6, 6.07) is 14.1. The minimum atomic E-state index is 0.772. The predicted octanol–water partition coefficient (Wildman–Crippen LogP) is 3.13. The maximum absolute atomic E-state index is 5.71. The zero-order valence-electron chi connectivity index (χ0n) is 10.5. The second kappa shape index (κ2) is 3.88. The Morgan fingerprint density at radius 3 is 2.50 bits per heavy atom. The number of fused-ring (bicyclic) bond motifs is 1. The minimum Gasteiger partial charge on any atom is -0.399 e. The molecule has 0 aliphatic heterocycles. The van der Waals surface area contributed by atoms with Gasteiger partial charge in [0.1, 0.15) is 5.82 Å². The van der Waals surface area contributed by atoms with E-state index in [0.29, 0.717) is 0 Å². The van der Waals surface area contributed by atoms with E-state index in [1.807, 2.05) is 31.3 Å². The van der Waals surface area contributed by atoms with Crippen LogP contribution in [0.1, 0.15) is 5.56 Å². The smallest absolute Gasteiger partial charge is 0.140 e. The second-order valence-corrected chi connectivity index (χ2v) is 4.61. The molecule has 0 unspecified atom stereocenters. The number of nitrogens with zero attached hydrogens (tertiary/aromatic N) is 2. The first-order chi connectivity index (χ1) is 8.65. The largest absolute Gasteiger partial charge is 0.399 e. The molecular formula is C15H15N3. The molecule has 0 radical (unpaired) electrons. The highest BCUT2D eigenvalue weighted by molar-refractivity contribution is 5.81. The molecule has 0 saturated carbocycles. The van der Waals surface area contributed by atoms with Crippen LogP contribution in [0.4, 0.5) is 5.69 Å². The number of benzene rings is 2. The first kappa shape index (κ1) is 10.8. The van der Waals surface area contributed by atoms with E-state index >= 15 is 0 Å². The normalized spacial score (nSPS) is 11.0. The summed E-state index contributed by atoms with van der Waals surface area (Å²) >= 11 is 0. The van der Waals surface area contributed by atoms with Gasteiger partial charge in [0.05, 0.1) is 11.0 Å². The average molecular weight is 237 g/mol. The predicted molar refractivity (Wildman–Crippen MR) is 75.3 cm³/mol. The van der Waals surface area contributed by atoms with Gasteiger partial charge in [-0.2, -0.15) is 0 Å². The maximum atomic E-state index is 5.71. The fourth-order valence-electron chi connectivity index (χ4n) is 2.19. The third kappa shape index (κ3) is 1.64. The van der Waals surface area contributed by atoms with Crippen molar-refractivity contribution in [2.45, 2.75) is 6.92 Å². The summed E-state index contributed by atoms with van der Waals surface area (Å²) in [4.78, 5) is 4.68. The average Bonchev–Trinajstić information content (AvgIpc) is 2.68. The van der Waals surface area contributed by atoms with Crippen LogP contribution in [0.3, 0.4) is 0 Å². The van der Waals surface area contributed by atoms with E-state index < -0.39 is 0 Å². The molecule has 0 aliphatic carbocycles. The van der Waals surface area contributed by atoms with E-state index in [1.165, 1.54) is 5.56 Å². The summed E-state index contributed by atoms with van der Waals surface area (Å²) in [6.45, 7) is 2.09. The lowest BCUT2D eigenvalue weighted by molar-refractivity contribution is 0.959. The zero-order chi connectivity index (χ0) is 12.7. The van der Waals surface area contributed by atoms with Gasteiger partial charge in [-0.1, -0.05) is 6.07 Å². The molecule has 3 aromatic rings. The topological polar surface area (TPSA) is 43.8 Å². The number of aryl methyl sites for hydroxylation is 2. The number of rotatable bonds is 1. The van der Waals surface area contributed by atoms with E-state index in [0.717, 1.165) is 28.1 Å². The molecule has 2 aromatic carbocycles. The molecule has 0 bridgehead atoms. The number of anilines is 1. The van der Waals surface area contributed by atoms with Crippen molar-refractivity contribution < 1.29 is 0 Å². The SMILES string of the molecule is Cc1ccc2nc(-c3ccc(N)cc3)n(C)c2c1. The molecule has 1 heterocycles. The third-order valence-electron chi connectivity index (χ3n) is 3.21. The van der Waals surface area contributed by atoms with Gasteiger partial charge in [0, 0.05) is 18.3 Å². The van der Waals surface area contributed by atoms with Crippen molar-refractivity contribution in [2.24, 2.45) is 7.05 Å². The van der Waals surface area contributed by atoms with Crippen molar-refractivity contribution >= 4 is 16.7 Å². The molecule has 3 nitrogen and oxygen atoms in total. The van der Waals surface area contributed by atoms with E-state index in [1.54, 1.807) is 0 Å². The Balaban J connectivity index is 2.23. The minimum absolute atomic E-state index is 0.772. The standard InChI is InChI=1S/C15H15N3/c1-10-3-8-13-14(9-10)18(2)15(17-13)11-4-6-12(16)7-5-11/h3-9H,16H2,1-2H3. The Kier molecular flexibility index (Phi) is 2.33. The van der Waals surface area contributed by atoms with Crippen LogP contribution in [0.2, 0.25) is 0 Å². The Bertz CT molecular complexity index is 708. The number of aromatic nitrogens is 2. The number of hydrogen-bond donors (Lipinski definition) is 1. The van der Waals surface area contributed by atoms with Gasteiger partial charge in [-0.25, -0.2) is 4.98 Å². The van der Waals surface area contributed by atoms with Gasteiger partial charge in [-0.3, -0.25) is 0 Å². The monoisotopic (exact) mass is 237 g/mol. The van der Waals surface area contributed by atoms with Crippen molar-refractivity contribution in [1.29, 1.82) is 0 Å². The van der Waals surface area contributed by atoms with Crippen LogP contribution >= 0.6 is 0 Å². The molecule has 0 fully saturated rings. The molecule has 3 heteroatoms. The van der Waals surface area contributed by atoms with Crippen LogP contribution in [-0.2, 0) is 7.05 Å².